The van der Waals surface area contributed by atoms with Crippen LogP contribution in [0.25, 0.3) is 0 Å². The van der Waals surface area contributed by atoms with E-state index in [1.165, 1.54) is 6.07 Å². The number of carboxylic acid groups (broad SMARTS) is 1. The lowest BCUT2D eigenvalue weighted by Crippen LogP contribution is -2.07. The Morgan fingerprint density at radius 2 is 2.18 bits per heavy atom. The van der Waals surface area contributed by atoms with Gasteiger partial charge in [-0.25, -0.2) is 4.79 Å². The maximum atomic E-state index is 10.6. The van der Waals surface area contributed by atoms with Gasteiger partial charge in [-0.3, -0.25) is 0 Å². The molecule has 1 aromatic heterocycles. The summed E-state index contributed by atoms with van der Waals surface area (Å²) in [4.78, 5) is 10.6. The third-order valence-electron chi connectivity index (χ3n) is 2.18. The van der Waals surface area contributed by atoms with Gasteiger partial charge in [0.2, 0.25) is 5.76 Å². The number of ether oxygens (including phenoxy) is 2. The Kier molecular flexibility index (Phi) is 5.72. The van der Waals surface area contributed by atoms with Crippen molar-refractivity contribution >= 4 is 5.97 Å². The topological polar surface area (TPSA) is 68.9 Å². The molecule has 1 N–H and O–H groups in total. The highest BCUT2D eigenvalue weighted by atomic mass is 16.5. The van der Waals surface area contributed by atoms with E-state index in [0.29, 0.717) is 19.0 Å². The summed E-state index contributed by atoms with van der Waals surface area (Å²) in [5.41, 5.74) is 0. The van der Waals surface area contributed by atoms with E-state index in [9.17, 15) is 4.79 Å². The Morgan fingerprint density at radius 1 is 1.41 bits per heavy atom. The summed E-state index contributed by atoms with van der Waals surface area (Å²) in [7, 11) is 0. The molecule has 0 aliphatic heterocycles. The Balaban J connectivity index is 2.31. The largest absolute Gasteiger partial charge is 0.475 e. The molecule has 1 atom stereocenters. The lowest BCUT2D eigenvalue weighted by atomic mass is 10.3. The molecule has 5 heteroatoms. The Labute approximate surface area is 100 Å². The molecule has 1 heterocycles. The van der Waals surface area contributed by atoms with Crippen molar-refractivity contribution in [2.24, 2.45) is 0 Å². The molecule has 1 rings (SSSR count). The minimum absolute atomic E-state index is 0.0716. The first kappa shape index (κ1) is 13.7. The van der Waals surface area contributed by atoms with E-state index in [1.807, 2.05) is 13.8 Å². The highest BCUT2D eigenvalue weighted by Gasteiger charge is 2.14. The van der Waals surface area contributed by atoms with Gasteiger partial charge in [0.25, 0.3) is 0 Å². The van der Waals surface area contributed by atoms with Crippen molar-refractivity contribution in [1.29, 1.82) is 0 Å². The quantitative estimate of drug-likeness (QED) is 0.709. The number of hydrogen-bond acceptors (Lipinski definition) is 4. The molecule has 17 heavy (non-hydrogen) atoms. The molecule has 0 spiro atoms. The Morgan fingerprint density at radius 3 is 2.76 bits per heavy atom. The van der Waals surface area contributed by atoms with Crippen molar-refractivity contribution in [2.75, 3.05) is 19.8 Å². The van der Waals surface area contributed by atoms with Crippen LogP contribution in [0.4, 0.5) is 0 Å². The molecule has 0 aliphatic carbocycles. The third-order valence-corrected chi connectivity index (χ3v) is 2.18. The van der Waals surface area contributed by atoms with Gasteiger partial charge in [-0.15, -0.1) is 0 Å². The minimum Gasteiger partial charge on any atom is -0.475 e. The molecule has 1 aromatic rings. The van der Waals surface area contributed by atoms with Crippen LogP contribution in [0.3, 0.4) is 0 Å². The molecular weight excluding hydrogens is 224 g/mol. The highest BCUT2D eigenvalue weighted by molar-refractivity contribution is 5.84. The molecule has 0 radical (unpaired) electrons. The van der Waals surface area contributed by atoms with Crippen LogP contribution < -0.4 is 0 Å². The summed E-state index contributed by atoms with van der Waals surface area (Å²) in [5, 5.41) is 8.70. The monoisotopic (exact) mass is 242 g/mol. The van der Waals surface area contributed by atoms with Crippen LogP contribution >= 0.6 is 0 Å². The minimum atomic E-state index is -1.07. The second kappa shape index (κ2) is 7.09. The summed E-state index contributed by atoms with van der Waals surface area (Å²) in [6.45, 7) is 5.57. The summed E-state index contributed by atoms with van der Waals surface area (Å²) in [6.07, 6.45) is 0.712. The number of furan rings is 1. The Hall–Kier alpha value is -1.33. The van der Waals surface area contributed by atoms with E-state index in [2.05, 4.69) is 0 Å². The molecule has 0 amide bonds. The van der Waals surface area contributed by atoms with E-state index >= 15 is 0 Å². The van der Waals surface area contributed by atoms with Crippen LogP contribution in [0, 0.1) is 0 Å². The molecule has 0 bridgehead atoms. The fraction of sp³-hybridized carbons (Fsp3) is 0.583. The zero-order valence-electron chi connectivity index (χ0n) is 10.1. The average molecular weight is 242 g/mol. The van der Waals surface area contributed by atoms with E-state index < -0.39 is 5.97 Å². The standard InChI is InChI=1S/C12H18O5/c1-3-6-15-7-8-16-9(2)10-4-5-11(17-10)12(13)14/h4-5,9H,3,6-8H2,1-2H3,(H,13,14). The van der Waals surface area contributed by atoms with Gasteiger partial charge >= 0.3 is 5.97 Å². The SMILES string of the molecule is CCCOCCOC(C)c1ccc(C(=O)O)o1. The lowest BCUT2D eigenvalue weighted by molar-refractivity contribution is 0.00279. The molecular formula is C12H18O5. The van der Waals surface area contributed by atoms with Gasteiger partial charge in [-0.2, -0.15) is 0 Å². The normalized spacial score (nSPS) is 12.6. The van der Waals surface area contributed by atoms with E-state index in [1.54, 1.807) is 6.07 Å². The highest BCUT2D eigenvalue weighted by Crippen LogP contribution is 2.19. The van der Waals surface area contributed by atoms with Crippen molar-refractivity contribution in [2.45, 2.75) is 26.4 Å². The van der Waals surface area contributed by atoms with Gasteiger partial charge in [0, 0.05) is 6.61 Å². The fourth-order valence-electron chi connectivity index (χ4n) is 1.30. The van der Waals surface area contributed by atoms with Gasteiger partial charge in [-0.1, -0.05) is 6.92 Å². The number of carboxylic acids is 1. The molecule has 0 saturated heterocycles. The first-order valence-electron chi connectivity index (χ1n) is 5.67. The first-order valence-corrected chi connectivity index (χ1v) is 5.67. The summed E-state index contributed by atoms with van der Waals surface area (Å²) in [5.74, 6) is -0.634. The van der Waals surface area contributed by atoms with Crippen LogP contribution in [-0.2, 0) is 9.47 Å². The molecule has 96 valence electrons. The van der Waals surface area contributed by atoms with Crippen LogP contribution in [0.5, 0.6) is 0 Å². The van der Waals surface area contributed by atoms with E-state index in [0.717, 1.165) is 13.0 Å². The summed E-state index contributed by atoms with van der Waals surface area (Å²) >= 11 is 0. The van der Waals surface area contributed by atoms with Crippen LogP contribution in [0.1, 0.15) is 42.7 Å². The van der Waals surface area contributed by atoms with Gasteiger partial charge in [0.1, 0.15) is 11.9 Å². The number of carbonyl (C=O) groups is 1. The number of hydrogen-bond donors (Lipinski definition) is 1. The van der Waals surface area contributed by atoms with Crippen LogP contribution in [-0.4, -0.2) is 30.9 Å². The van der Waals surface area contributed by atoms with Gasteiger partial charge in [0.15, 0.2) is 0 Å². The van der Waals surface area contributed by atoms with Gasteiger partial charge in [0.05, 0.1) is 13.2 Å². The molecule has 0 saturated carbocycles. The van der Waals surface area contributed by atoms with E-state index in [-0.39, 0.29) is 11.9 Å². The zero-order chi connectivity index (χ0) is 12.7. The fourth-order valence-corrected chi connectivity index (χ4v) is 1.30. The first-order chi connectivity index (χ1) is 8.15. The molecule has 0 aromatic carbocycles. The van der Waals surface area contributed by atoms with Crippen LogP contribution in [0.15, 0.2) is 16.5 Å². The van der Waals surface area contributed by atoms with Crippen LogP contribution in [0.2, 0.25) is 0 Å². The number of aromatic carboxylic acids is 1. The second-order valence-corrected chi connectivity index (χ2v) is 3.63. The second-order valence-electron chi connectivity index (χ2n) is 3.63. The molecule has 0 fully saturated rings. The van der Waals surface area contributed by atoms with Crippen molar-refractivity contribution in [1.82, 2.24) is 0 Å². The van der Waals surface area contributed by atoms with E-state index in [4.69, 9.17) is 19.0 Å². The molecule has 1 unspecified atom stereocenters. The summed E-state index contributed by atoms with van der Waals surface area (Å²) in [6, 6.07) is 3.03. The number of rotatable bonds is 8. The Bertz CT molecular complexity index is 344. The smallest absolute Gasteiger partial charge is 0.371 e. The average Bonchev–Trinajstić information content (AvgIpc) is 2.78. The van der Waals surface area contributed by atoms with Crippen molar-refractivity contribution in [3.05, 3.63) is 23.7 Å². The van der Waals surface area contributed by atoms with Gasteiger partial charge < -0.3 is 19.0 Å². The lowest BCUT2D eigenvalue weighted by Gasteiger charge is -2.10. The van der Waals surface area contributed by atoms with Crippen molar-refractivity contribution in [3.8, 4) is 0 Å². The van der Waals surface area contributed by atoms with Crippen molar-refractivity contribution in [3.63, 3.8) is 0 Å². The zero-order valence-corrected chi connectivity index (χ0v) is 10.1. The molecule has 0 aliphatic rings. The predicted octanol–water partition coefficient (Wildman–Crippen LogP) is 2.48. The van der Waals surface area contributed by atoms with Gasteiger partial charge in [-0.05, 0) is 25.5 Å². The third kappa shape index (κ3) is 4.58. The molecule has 5 nitrogen and oxygen atoms in total. The maximum Gasteiger partial charge on any atom is 0.371 e. The maximum absolute atomic E-state index is 10.6. The predicted molar refractivity (Wildman–Crippen MR) is 61.1 cm³/mol. The summed E-state index contributed by atoms with van der Waals surface area (Å²) < 4.78 is 15.8. The van der Waals surface area contributed by atoms with Crippen molar-refractivity contribution < 1.29 is 23.8 Å².